The SMILES string of the molecule is COCCN1CCC(NC(=O)c2nn(-c3c(F)cccc3F)cc2C)CC1. The summed E-state index contributed by atoms with van der Waals surface area (Å²) in [5.41, 5.74) is 0.457. The maximum atomic E-state index is 14.0. The van der Waals surface area contributed by atoms with Crippen molar-refractivity contribution in [3.05, 3.63) is 47.3 Å². The van der Waals surface area contributed by atoms with Crippen molar-refractivity contribution in [3.63, 3.8) is 0 Å². The molecule has 1 aliphatic rings. The molecule has 0 unspecified atom stereocenters. The van der Waals surface area contributed by atoms with Gasteiger partial charge >= 0.3 is 0 Å². The number of piperidine rings is 1. The monoisotopic (exact) mass is 378 g/mol. The van der Waals surface area contributed by atoms with Crippen molar-refractivity contribution >= 4 is 5.91 Å². The highest BCUT2D eigenvalue weighted by molar-refractivity contribution is 5.93. The van der Waals surface area contributed by atoms with E-state index in [9.17, 15) is 13.6 Å². The average Bonchev–Trinajstić information content (AvgIpc) is 3.02. The van der Waals surface area contributed by atoms with E-state index in [-0.39, 0.29) is 23.3 Å². The van der Waals surface area contributed by atoms with Gasteiger partial charge in [-0.15, -0.1) is 0 Å². The molecule has 0 aliphatic carbocycles. The maximum Gasteiger partial charge on any atom is 0.272 e. The van der Waals surface area contributed by atoms with Crippen LogP contribution < -0.4 is 5.32 Å². The Morgan fingerprint density at radius 2 is 1.96 bits per heavy atom. The number of methoxy groups -OCH3 is 1. The van der Waals surface area contributed by atoms with Gasteiger partial charge in [0.05, 0.1) is 6.61 Å². The zero-order valence-corrected chi connectivity index (χ0v) is 15.5. The summed E-state index contributed by atoms with van der Waals surface area (Å²) in [4.78, 5) is 14.9. The van der Waals surface area contributed by atoms with Gasteiger partial charge in [0, 0.05) is 44.5 Å². The van der Waals surface area contributed by atoms with E-state index in [4.69, 9.17) is 4.74 Å². The van der Waals surface area contributed by atoms with E-state index in [1.54, 1.807) is 14.0 Å². The third-order valence-corrected chi connectivity index (χ3v) is 4.81. The van der Waals surface area contributed by atoms with Gasteiger partial charge in [-0.3, -0.25) is 4.79 Å². The lowest BCUT2D eigenvalue weighted by molar-refractivity contribution is 0.0887. The van der Waals surface area contributed by atoms with Crippen molar-refractivity contribution in [2.24, 2.45) is 0 Å². The van der Waals surface area contributed by atoms with Crippen molar-refractivity contribution in [2.45, 2.75) is 25.8 Å². The predicted octanol–water partition coefficient (Wildman–Crippen LogP) is 2.30. The normalized spacial score (nSPS) is 15.9. The smallest absolute Gasteiger partial charge is 0.272 e. The molecule has 1 aromatic carbocycles. The number of hydrogen-bond donors (Lipinski definition) is 1. The molecular formula is C19H24F2N4O2. The molecule has 1 saturated heterocycles. The number of rotatable bonds is 6. The highest BCUT2D eigenvalue weighted by atomic mass is 19.1. The van der Waals surface area contributed by atoms with Crippen LogP contribution >= 0.6 is 0 Å². The van der Waals surface area contributed by atoms with Gasteiger partial charge in [-0.05, 0) is 31.9 Å². The Kier molecular flexibility index (Phi) is 6.18. The van der Waals surface area contributed by atoms with Crippen LogP contribution in [0.4, 0.5) is 8.78 Å². The van der Waals surface area contributed by atoms with Gasteiger partial charge < -0.3 is 15.0 Å². The molecule has 0 radical (unpaired) electrons. The predicted molar refractivity (Wildman–Crippen MR) is 97.0 cm³/mol. The number of hydrogen-bond acceptors (Lipinski definition) is 4. The molecule has 8 heteroatoms. The highest BCUT2D eigenvalue weighted by Gasteiger charge is 2.24. The summed E-state index contributed by atoms with van der Waals surface area (Å²) >= 11 is 0. The fourth-order valence-electron chi connectivity index (χ4n) is 3.28. The van der Waals surface area contributed by atoms with Crippen LogP contribution in [0.25, 0.3) is 5.69 Å². The summed E-state index contributed by atoms with van der Waals surface area (Å²) in [6.07, 6.45) is 3.15. The number of aromatic nitrogens is 2. The molecule has 1 fully saturated rings. The van der Waals surface area contributed by atoms with Gasteiger partial charge in [-0.2, -0.15) is 5.10 Å². The number of aryl methyl sites for hydroxylation is 1. The Morgan fingerprint density at radius 1 is 1.30 bits per heavy atom. The van der Waals surface area contributed by atoms with Gasteiger partial charge in [0.15, 0.2) is 17.3 Å². The number of benzene rings is 1. The third kappa shape index (κ3) is 4.51. The highest BCUT2D eigenvalue weighted by Crippen LogP contribution is 2.19. The van der Waals surface area contributed by atoms with Crippen LogP contribution in [0.3, 0.4) is 0 Å². The lowest BCUT2D eigenvalue weighted by Crippen LogP contribution is -2.45. The Morgan fingerprint density at radius 3 is 2.59 bits per heavy atom. The van der Waals surface area contributed by atoms with Gasteiger partial charge in [0.1, 0.15) is 5.69 Å². The molecular weight excluding hydrogens is 354 g/mol. The number of nitrogens with one attached hydrogen (secondary N) is 1. The number of amides is 1. The maximum absolute atomic E-state index is 14.0. The number of halogens is 2. The van der Waals surface area contributed by atoms with E-state index in [2.05, 4.69) is 15.3 Å². The summed E-state index contributed by atoms with van der Waals surface area (Å²) in [6, 6.07) is 3.67. The number of carbonyl (C=O) groups excluding carboxylic acids is 1. The number of nitrogens with zero attached hydrogens (tertiary/aromatic N) is 3. The third-order valence-electron chi connectivity index (χ3n) is 4.81. The van der Waals surface area contributed by atoms with Crippen LogP contribution in [-0.2, 0) is 4.74 Å². The van der Waals surface area contributed by atoms with E-state index in [0.717, 1.165) is 49.3 Å². The topological polar surface area (TPSA) is 59.4 Å². The van der Waals surface area contributed by atoms with Crippen LogP contribution in [0.1, 0.15) is 28.9 Å². The molecule has 0 saturated carbocycles. The lowest BCUT2D eigenvalue weighted by Gasteiger charge is -2.32. The second-order valence-electron chi connectivity index (χ2n) is 6.76. The van der Waals surface area contributed by atoms with Gasteiger partial charge in [0.25, 0.3) is 5.91 Å². The molecule has 27 heavy (non-hydrogen) atoms. The van der Waals surface area contributed by atoms with E-state index < -0.39 is 11.6 Å². The Hall–Kier alpha value is -2.32. The van der Waals surface area contributed by atoms with Crippen molar-refractivity contribution in [1.29, 1.82) is 0 Å². The van der Waals surface area contributed by atoms with E-state index in [1.807, 2.05) is 0 Å². The fourth-order valence-corrected chi connectivity index (χ4v) is 3.28. The van der Waals surface area contributed by atoms with E-state index in [0.29, 0.717) is 12.2 Å². The molecule has 1 amide bonds. The largest absolute Gasteiger partial charge is 0.383 e. The summed E-state index contributed by atoms with van der Waals surface area (Å²) in [5.74, 6) is -1.78. The van der Waals surface area contributed by atoms with Crippen LogP contribution in [-0.4, -0.2) is 60.0 Å². The van der Waals surface area contributed by atoms with E-state index in [1.165, 1.54) is 12.3 Å². The minimum atomic E-state index is -0.729. The van der Waals surface area contributed by atoms with Crippen LogP contribution in [0, 0.1) is 18.6 Å². The molecule has 3 rings (SSSR count). The summed E-state index contributed by atoms with van der Waals surface area (Å²) in [6.45, 7) is 5.06. The molecule has 1 aromatic heterocycles. The summed E-state index contributed by atoms with van der Waals surface area (Å²) in [7, 11) is 1.68. The molecule has 6 nitrogen and oxygen atoms in total. The molecule has 146 valence electrons. The summed E-state index contributed by atoms with van der Waals surface area (Å²) in [5, 5.41) is 7.11. The number of likely N-dealkylation sites (tertiary alicyclic amines) is 1. The van der Waals surface area contributed by atoms with Gasteiger partial charge in [0.2, 0.25) is 0 Å². The molecule has 2 aromatic rings. The molecule has 1 aliphatic heterocycles. The van der Waals surface area contributed by atoms with Gasteiger partial charge in [-0.1, -0.05) is 6.07 Å². The minimum Gasteiger partial charge on any atom is -0.383 e. The lowest BCUT2D eigenvalue weighted by atomic mass is 10.0. The quantitative estimate of drug-likeness (QED) is 0.838. The van der Waals surface area contributed by atoms with Crippen LogP contribution in [0.5, 0.6) is 0 Å². The number of ether oxygens (including phenoxy) is 1. The first kappa shape index (κ1) is 19.4. The standard InChI is InChI=1S/C19H24F2N4O2/c1-13-12-25(18-15(20)4-3-5-16(18)21)23-17(13)19(26)22-14-6-8-24(9-7-14)10-11-27-2/h3-5,12,14H,6-11H2,1-2H3,(H,22,26). The second-order valence-corrected chi connectivity index (χ2v) is 6.76. The first-order valence-corrected chi connectivity index (χ1v) is 9.02. The van der Waals surface area contributed by atoms with Crippen molar-refractivity contribution in [1.82, 2.24) is 20.0 Å². The number of para-hydroxylation sites is 1. The van der Waals surface area contributed by atoms with Crippen molar-refractivity contribution < 1.29 is 18.3 Å². The van der Waals surface area contributed by atoms with E-state index >= 15 is 0 Å². The van der Waals surface area contributed by atoms with Crippen LogP contribution in [0.2, 0.25) is 0 Å². The summed E-state index contributed by atoms with van der Waals surface area (Å²) < 4.78 is 34.1. The fraction of sp³-hybridized carbons (Fsp3) is 0.474. The Balaban J connectivity index is 1.66. The minimum absolute atomic E-state index is 0.0612. The van der Waals surface area contributed by atoms with Crippen molar-refractivity contribution in [3.8, 4) is 5.69 Å². The Bertz CT molecular complexity index is 781. The molecule has 1 N–H and O–H groups in total. The first-order valence-electron chi connectivity index (χ1n) is 9.02. The number of carbonyl (C=O) groups is 1. The molecule has 0 bridgehead atoms. The zero-order valence-electron chi connectivity index (χ0n) is 15.5. The molecule has 2 heterocycles. The van der Waals surface area contributed by atoms with Crippen molar-refractivity contribution in [2.75, 3.05) is 33.4 Å². The Labute approximate surface area is 157 Å². The first-order chi connectivity index (χ1) is 13.0. The molecule has 0 spiro atoms. The van der Waals surface area contributed by atoms with Gasteiger partial charge in [-0.25, -0.2) is 13.5 Å². The average molecular weight is 378 g/mol. The second kappa shape index (κ2) is 8.58. The van der Waals surface area contributed by atoms with Crippen LogP contribution in [0.15, 0.2) is 24.4 Å². The molecule has 0 atom stereocenters. The zero-order chi connectivity index (χ0) is 19.4.